The van der Waals surface area contributed by atoms with Crippen LogP contribution in [0.1, 0.15) is 30.9 Å². The molecule has 0 spiro atoms. The molecular weight excluding hydrogens is 202 g/mol. The van der Waals surface area contributed by atoms with Gasteiger partial charge in [-0.05, 0) is 25.8 Å². The number of rotatable bonds is 6. The van der Waals surface area contributed by atoms with E-state index in [-0.39, 0.29) is 0 Å². The maximum Gasteiger partial charge on any atom is 0.105 e. The number of methoxy groups -OCH3 is 1. The molecule has 0 radical (unpaired) electrons. The van der Waals surface area contributed by atoms with Gasteiger partial charge in [-0.2, -0.15) is 0 Å². The Morgan fingerprint density at radius 1 is 1.38 bits per heavy atom. The lowest BCUT2D eigenvalue weighted by Gasteiger charge is -2.21. The quantitative estimate of drug-likeness (QED) is 0.808. The molecule has 1 heterocycles. The molecule has 0 aliphatic heterocycles. The first-order valence-corrected chi connectivity index (χ1v) is 5.82. The summed E-state index contributed by atoms with van der Waals surface area (Å²) in [4.78, 5) is 0. The molecule has 0 amide bonds. The fourth-order valence-corrected chi connectivity index (χ4v) is 1.77. The topological polar surface area (TPSA) is 34.4 Å². The average Bonchev–Trinajstić information content (AvgIpc) is 2.51. The van der Waals surface area contributed by atoms with E-state index in [0.717, 1.165) is 24.7 Å². The van der Waals surface area contributed by atoms with Gasteiger partial charge in [0.05, 0.1) is 6.61 Å². The maximum atomic E-state index is 5.50. The van der Waals surface area contributed by atoms with E-state index in [2.05, 4.69) is 25.2 Å². The summed E-state index contributed by atoms with van der Waals surface area (Å²) >= 11 is 0. The summed E-state index contributed by atoms with van der Waals surface area (Å²) in [5.41, 5.74) is 1.24. The molecule has 0 aliphatic rings. The van der Waals surface area contributed by atoms with Crippen molar-refractivity contribution in [1.29, 1.82) is 0 Å². The molecule has 1 atom stereocenters. The van der Waals surface area contributed by atoms with E-state index in [9.17, 15) is 0 Å². The average molecular weight is 225 g/mol. The predicted octanol–water partition coefficient (Wildman–Crippen LogP) is 2.66. The van der Waals surface area contributed by atoms with Crippen LogP contribution in [-0.2, 0) is 11.3 Å². The van der Waals surface area contributed by atoms with Gasteiger partial charge in [0.1, 0.15) is 11.5 Å². The van der Waals surface area contributed by atoms with E-state index in [0.29, 0.717) is 12.0 Å². The molecule has 3 nitrogen and oxygen atoms in total. The Morgan fingerprint density at radius 2 is 2.06 bits per heavy atom. The highest BCUT2D eigenvalue weighted by molar-refractivity contribution is 5.19. The number of nitrogens with one attached hydrogen (secondary N) is 1. The molecule has 0 bridgehead atoms. The second kappa shape index (κ2) is 6.06. The van der Waals surface area contributed by atoms with Crippen molar-refractivity contribution in [3.63, 3.8) is 0 Å². The number of furan rings is 1. The van der Waals surface area contributed by atoms with Gasteiger partial charge in [0.15, 0.2) is 0 Å². The summed E-state index contributed by atoms with van der Waals surface area (Å²) < 4.78 is 10.7. The lowest BCUT2D eigenvalue weighted by molar-refractivity contribution is 0.146. The fraction of sp³-hybridized carbons (Fsp3) is 0.692. The third-order valence-electron chi connectivity index (χ3n) is 2.85. The molecule has 3 heteroatoms. The van der Waals surface area contributed by atoms with Crippen LogP contribution < -0.4 is 5.32 Å². The summed E-state index contributed by atoms with van der Waals surface area (Å²) in [6, 6.07) is 2.48. The zero-order valence-corrected chi connectivity index (χ0v) is 11.0. The lowest BCUT2D eigenvalue weighted by Crippen LogP contribution is -2.37. The van der Waals surface area contributed by atoms with Crippen LogP contribution in [-0.4, -0.2) is 19.8 Å². The van der Waals surface area contributed by atoms with Crippen LogP contribution in [0.3, 0.4) is 0 Å². The SMILES string of the molecule is COCC(NCc1cc(C)oc1C)C(C)C. The standard InChI is InChI=1S/C13H23NO2/c1-9(2)13(8-15-5)14-7-12-6-10(3)16-11(12)4/h6,9,13-14H,7-8H2,1-5H3. The van der Waals surface area contributed by atoms with Crippen LogP contribution in [0, 0.1) is 19.8 Å². The van der Waals surface area contributed by atoms with Gasteiger partial charge in [-0.3, -0.25) is 0 Å². The van der Waals surface area contributed by atoms with Crippen LogP contribution >= 0.6 is 0 Å². The monoisotopic (exact) mass is 225 g/mol. The second-order valence-corrected chi connectivity index (χ2v) is 4.63. The largest absolute Gasteiger partial charge is 0.466 e. The summed E-state index contributed by atoms with van der Waals surface area (Å²) in [6.45, 7) is 9.97. The third-order valence-corrected chi connectivity index (χ3v) is 2.85. The summed E-state index contributed by atoms with van der Waals surface area (Å²) in [5, 5.41) is 3.51. The second-order valence-electron chi connectivity index (χ2n) is 4.63. The van der Waals surface area contributed by atoms with Crippen LogP contribution in [0.4, 0.5) is 0 Å². The van der Waals surface area contributed by atoms with Crippen LogP contribution in [0.5, 0.6) is 0 Å². The minimum atomic E-state index is 0.389. The molecule has 0 aromatic carbocycles. The van der Waals surface area contributed by atoms with Gasteiger partial charge < -0.3 is 14.5 Å². The minimum Gasteiger partial charge on any atom is -0.466 e. The normalized spacial score (nSPS) is 13.4. The van der Waals surface area contributed by atoms with Crippen molar-refractivity contribution < 1.29 is 9.15 Å². The van der Waals surface area contributed by atoms with E-state index in [1.165, 1.54) is 5.56 Å². The first kappa shape index (κ1) is 13.3. The highest BCUT2D eigenvalue weighted by Crippen LogP contribution is 2.14. The maximum absolute atomic E-state index is 5.50. The Hall–Kier alpha value is -0.800. The molecule has 16 heavy (non-hydrogen) atoms. The molecule has 0 aliphatic carbocycles. The summed E-state index contributed by atoms with van der Waals surface area (Å²) in [7, 11) is 1.74. The highest BCUT2D eigenvalue weighted by Gasteiger charge is 2.13. The Balaban J connectivity index is 2.51. The van der Waals surface area contributed by atoms with E-state index in [1.54, 1.807) is 7.11 Å². The lowest BCUT2D eigenvalue weighted by atomic mass is 10.1. The van der Waals surface area contributed by atoms with Crippen molar-refractivity contribution >= 4 is 0 Å². The van der Waals surface area contributed by atoms with E-state index in [4.69, 9.17) is 9.15 Å². The molecular formula is C13H23NO2. The number of hydrogen-bond acceptors (Lipinski definition) is 3. The predicted molar refractivity (Wildman–Crippen MR) is 65.5 cm³/mol. The smallest absolute Gasteiger partial charge is 0.105 e. The van der Waals surface area contributed by atoms with Crippen molar-refractivity contribution in [3.8, 4) is 0 Å². The summed E-state index contributed by atoms with van der Waals surface area (Å²) in [5.74, 6) is 2.54. The minimum absolute atomic E-state index is 0.389. The van der Waals surface area contributed by atoms with Gasteiger partial charge >= 0.3 is 0 Å². The zero-order valence-electron chi connectivity index (χ0n) is 11.0. The van der Waals surface area contributed by atoms with Crippen molar-refractivity contribution in [1.82, 2.24) is 5.32 Å². The molecule has 1 unspecified atom stereocenters. The molecule has 1 aromatic heterocycles. The van der Waals surface area contributed by atoms with Crippen LogP contribution in [0.2, 0.25) is 0 Å². The van der Waals surface area contributed by atoms with Gasteiger partial charge in [0.2, 0.25) is 0 Å². The van der Waals surface area contributed by atoms with Gasteiger partial charge in [-0.15, -0.1) is 0 Å². The number of aryl methyl sites for hydroxylation is 2. The highest BCUT2D eigenvalue weighted by atomic mass is 16.5. The molecule has 0 saturated heterocycles. The molecule has 92 valence electrons. The van der Waals surface area contributed by atoms with Crippen molar-refractivity contribution in [2.75, 3.05) is 13.7 Å². The Morgan fingerprint density at radius 3 is 2.50 bits per heavy atom. The summed E-state index contributed by atoms with van der Waals surface area (Å²) in [6.07, 6.45) is 0. The van der Waals surface area contributed by atoms with Crippen molar-refractivity contribution in [2.45, 2.75) is 40.3 Å². The van der Waals surface area contributed by atoms with Crippen LogP contribution in [0.15, 0.2) is 10.5 Å². The van der Waals surface area contributed by atoms with Crippen molar-refractivity contribution in [2.24, 2.45) is 5.92 Å². The van der Waals surface area contributed by atoms with E-state index >= 15 is 0 Å². The van der Waals surface area contributed by atoms with E-state index in [1.807, 2.05) is 13.8 Å². The number of ether oxygens (including phenoxy) is 1. The zero-order chi connectivity index (χ0) is 12.1. The van der Waals surface area contributed by atoms with Gasteiger partial charge in [-0.25, -0.2) is 0 Å². The van der Waals surface area contributed by atoms with E-state index < -0.39 is 0 Å². The van der Waals surface area contributed by atoms with Crippen LogP contribution in [0.25, 0.3) is 0 Å². The van der Waals surface area contributed by atoms with Gasteiger partial charge in [0, 0.05) is 25.3 Å². The molecule has 0 fully saturated rings. The molecule has 0 saturated carbocycles. The Bertz CT molecular complexity index is 318. The molecule has 1 rings (SSSR count). The Kier molecular flexibility index (Phi) is 5.03. The first-order valence-electron chi connectivity index (χ1n) is 5.82. The Labute approximate surface area is 98.2 Å². The fourth-order valence-electron chi connectivity index (χ4n) is 1.77. The first-order chi connectivity index (χ1) is 7.54. The molecule has 1 aromatic rings. The van der Waals surface area contributed by atoms with Gasteiger partial charge in [-0.1, -0.05) is 13.8 Å². The number of hydrogen-bond donors (Lipinski definition) is 1. The van der Waals surface area contributed by atoms with Crippen molar-refractivity contribution in [3.05, 3.63) is 23.2 Å². The third kappa shape index (κ3) is 3.65. The molecule has 1 N–H and O–H groups in total. The van der Waals surface area contributed by atoms with Gasteiger partial charge in [0.25, 0.3) is 0 Å².